The third-order valence-electron chi connectivity index (χ3n) is 2.67. The van der Waals surface area contributed by atoms with E-state index in [4.69, 9.17) is 4.42 Å². The molecule has 17 heavy (non-hydrogen) atoms. The molecule has 0 spiro atoms. The first-order chi connectivity index (χ1) is 8.20. The van der Waals surface area contributed by atoms with E-state index in [2.05, 4.69) is 36.7 Å². The van der Waals surface area contributed by atoms with Gasteiger partial charge in [-0.25, -0.2) is 0 Å². The summed E-state index contributed by atoms with van der Waals surface area (Å²) in [5, 5.41) is 3.48. The monoisotopic (exact) mass is 247 g/mol. The Morgan fingerprint density at radius 3 is 2.59 bits per heavy atom. The molecule has 0 aliphatic heterocycles. The lowest BCUT2D eigenvalue weighted by molar-refractivity contribution is 0.466. The predicted molar refractivity (Wildman–Crippen MR) is 73.7 cm³/mol. The van der Waals surface area contributed by atoms with Crippen molar-refractivity contribution in [3.8, 4) is 0 Å². The Bertz CT molecular complexity index is 492. The molecule has 3 heteroatoms. The average molecular weight is 247 g/mol. The quantitative estimate of drug-likeness (QED) is 0.806. The third kappa shape index (κ3) is 2.86. The summed E-state index contributed by atoms with van der Waals surface area (Å²) in [6, 6.07) is 12.5. The number of hydrogen-bond acceptors (Lipinski definition) is 3. The van der Waals surface area contributed by atoms with Gasteiger partial charge in [0.25, 0.3) is 0 Å². The summed E-state index contributed by atoms with van der Waals surface area (Å²) in [4.78, 5) is 1.25. The summed E-state index contributed by atoms with van der Waals surface area (Å²) in [7, 11) is 0. The second-order valence-electron chi connectivity index (χ2n) is 4.01. The third-order valence-corrected chi connectivity index (χ3v) is 3.46. The molecule has 1 aromatic heterocycles. The van der Waals surface area contributed by atoms with Crippen molar-refractivity contribution in [2.45, 2.75) is 24.8 Å². The molecule has 0 amide bonds. The molecule has 0 aliphatic carbocycles. The first kappa shape index (κ1) is 12.1. The van der Waals surface area contributed by atoms with Gasteiger partial charge in [-0.05, 0) is 44.4 Å². The maximum Gasteiger partial charge on any atom is 0.126 e. The van der Waals surface area contributed by atoms with Crippen LogP contribution in [0, 0.1) is 6.92 Å². The van der Waals surface area contributed by atoms with Crippen molar-refractivity contribution >= 4 is 17.4 Å². The van der Waals surface area contributed by atoms with E-state index >= 15 is 0 Å². The minimum absolute atomic E-state index is 0.178. The van der Waals surface area contributed by atoms with Crippen LogP contribution in [0.2, 0.25) is 0 Å². The van der Waals surface area contributed by atoms with Crippen LogP contribution < -0.4 is 5.32 Å². The standard InChI is InChI=1S/C14H17NOS/c1-10-8-9-13(16-10)11(2)15-12-6-4-5-7-14(12)17-3/h4-9,11,15H,1-3H3. The molecule has 1 atom stereocenters. The van der Waals surface area contributed by atoms with Crippen LogP contribution >= 0.6 is 11.8 Å². The molecule has 0 bridgehead atoms. The summed E-state index contributed by atoms with van der Waals surface area (Å²) in [6.07, 6.45) is 2.09. The van der Waals surface area contributed by atoms with Crippen molar-refractivity contribution in [3.05, 3.63) is 47.9 Å². The van der Waals surface area contributed by atoms with Crippen molar-refractivity contribution in [2.75, 3.05) is 11.6 Å². The van der Waals surface area contributed by atoms with E-state index in [1.807, 2.05) is 25.1 Å². The van der Waals surface area contributed by atoms with Crippen LogP contribution in [-0.4, -0.2) is 6.26 Å². The molecule has 0 radical (unpaired) electrons. The van der Waals surface area contributed by atoms with Crippen molar-refractivity contribution < 1.29 is 4.42 Å². The maximum absolute atomic E-state index is 5.62. The molecule has 2 aromatic rings. The van der Waals surface area contributed by atoms with Crippen LogP contribution in [0.25, 0.3) is 0 Å². The number of rotatable bonds is 4. The van der Waals surface area contributed by atoms with E-state index in [1.54, 1.807) is 11.8 Å². The van der Waals surface area contributed by atoms with Crippen LogP contribution in [0.3, 0.4) is 0 Å². The molecule has 1 heterocycles. The van der Waals surface area contributed by atoms with Gasteiger partial charge in [-0.15, -0.1) is 11.8 Å². The Balaban J connectivity index is 2.15. The molecule has 1 unspecified atom stereocenters. The zero-order valence-corrected chi connectivity index (χ0v) is 11.2. The Labute approximate surface area is 106 Å². The van der Waals surface area contributed by atoms with Crippen LogP contribution in [-0.2, 0) is 0 Å². The van der Waals surface area contributed by atoms with Gasteiger partial charge in [-0.2, -0.15) is 0 Å². The summed E-state index contributed by atoms with van der Waals surface area (Å²) < 4.78 is 5.62. The fourth-order valence-electron chi connectivity index (χ4n) is 1.75. The second-order valence-corrected chi connectivity index (χ2v) is 4.86. The number of furan rings is 1. The molecular weight excluding hydrogens is 230 g/mol. The molecule has 90 valence electrons. The molecular formula is C14H17NOS. The highest BCUT2D eigenvalue weighted by Crippen LogP contribution is 2.28. The van der Waals surface area contributed by atoms with E-state index in [0.717, 1.165) is 17.2 Å². The van der Waals surface area contributed by atoms with Gasteiger partial charge in [-0.3, -0.25) is 0 Å². The van der Waals surface area contributed by atoms with Crippen LogP contribution in [0.4, 0.5) is 5.69 Å². The number of para-hydroxylation sites is 1. The van der Waals surface area contributed by atoms with Gasteiger partial charge in [0, 0.05) is 10.6 Å². The highest BCUT2D eigenvalue weighted by atomic mass is 32.2. The molecule has 0 saturated heterocycles. The van der Waals surface area contributed by atoms with E-state index in [1.165, 1.54) is 4.90 Å². The number of hydrogen-bond donors (Lipinski definition) is 1. The summed E-state index contributed by atoms with van der Waals surface area (Å²) in [6.45, 7) is 4.07. The van der Waals surface area contributed by atoms with E-state index in [9.17, 15) is 0 Å². The Morgan fingerprint density at radius 1 is 1.18 bits per heavy atom. The number of nitrogens with one attached hydrogen (secondary N) is 1. The lowest BCUT2D eigenvalue weighted by atomic mass is 10.2. The van der Waals surface area contributed by atoms with Crippen LogP contribution in [0.5, 0.6) is 0 Å². The summed E-state index contributed by atoms with van der Waals surface area (Å²) in [5.41, 5.74) is 1.15. The van der Waals surface area contributed by atoms with Gasteiger partial charge in [0.2, 0.25) is 0 Å². The van der Waals surface area contributed by atoms with Crippen LogP contribution in [0.15, 0.2) is 45.7 Å². The minimum Gasteiger partial charge on any atom is -0.464 e. The van der Waals surface area contributed by atoms with Gasteiger partial charge >= 0.3 is 0 Å². The van der Waals surface area contributed by atoms with E-state index in [0.29, 0.717) is 0 Å². The number of anilines is 1. The lowest BCUT2D eigenvalue weighted by Crippen LogP contribution is -2.06. The van der Waals surface area contributed by atoms with Crippen molar-refractivity contribution in [3.63, 3.8) is 0 Å². The normalized spacial score (nSPS) is 12.4. The minimum atomic E-state index is 0.178. The number of thioether (sulfide) groups is 1. The van der Waals surface area contributed by atoms with Gasteiger partial charge in [0.15, 0.2) is 0 Å². The maximum atomic E-state index is 5.62. The average Bonchev–Trinajstić information content (AvgIpc) is 2.77. The molecule has 2 rings (SSSR count). The smallest absolute Gasteiger partial charge is 0.126 e. The zero-order chi connectivity index (χ0) is 12.3. The Kier molecular flexibility index (Phi) is 3.79. The van der Waals surface area contributed by atoms with Crippen molar-refractivity contribution in [2.24, 2.45) is 0 Å². The summed E-state index contributed by atoms with van der Waals surface area (Å²) >= 11 is 1.74. The van der Waals surface area contributed by atoms with Gasteiger partial charge in [-0.1, -0.05) is 12.1 Å². The van der Waals surface area contributed by atoms with Gasteiger partial charge < -0.3 is 9.73 Å². The topological polar surface area (TPSA) is 25.2 Å². The molecule has 2 nitrogen and oxygen atoms in total. The Hall–Kier alpha value is -1.35. The van der Waals surface area contributed by atoms with Gasteiger partial charge in [0.1, 0.15) is 11.5 Å². The van der Waals surface area contributed by atoms with Crippen molar-refractivity contribution in [1.82, 2.24) is 0 Å². The largest absolute Gasteiger partial charge is 0.464 e. The first-order valence-electron chi connectivity index (χ1n) is 5.66. The second kappa shape index (κ2) is 5.32. The predicted octanol–water partition coefficient (Wildman–Crippen LogP) is 4.48. The van der Waals surface area contributed by atoms with Gasteiger partial charge in [0.05, 0.1) is 6.04 Å². The fraction of sp³-hybridized carbons (Fsp3) is 0.286. The molecule has 0 saturated carbocycles. The number of aryl methyl sites for hydroxylation is 1. The van der Waals surface area contributed by atoms with E-state index < -0.39 is 0 Å². The van der Waals surface area contributed by atoms with Crippen LogP contribution in [0.1, 0.15) is 24.5 Å². The molecule has 1 aromatic carbocycles. The lowest BCUT2D eigenvalue weighted by Gasteiger charge is -2.15. The number of benzene rings is 1. The highest BCUT2D eigenvalue weighted by Gasteiger charge is 2.10. The van der Waals surface area contributed by atoms with E-state index in [-0.39, 0.29) is 6.04 Å². The molecule has 1 N–H and O–H groups in total. The highest BCUT2D eigenvalue weighted by molar-refractivity contribution is 7.98. The fourth-order valence-corrected chi connectivity index (χ4v) is 2.32. The zero-order valence-electron chi connectivity index (χ0n) is 10.4. The molecule has 0 fully saturated rings. The SMILES string of the molecule is CSc1ccccc1NC(C)c1ccc(C)o1. The van der Waals surface area contributed by atoms with Crippen molar-refractivity contribution in [1.29, 1.82) is 0 Å². The summed E-state index contributed by atoms with van der Waals surface area (Å²) in [5.74, 6) is 1.92. The first-order valence-corrected chi connectivity index (χ1v) is 6.89. The molecule has 0 aliphatic rings. The Morgan fingerprint density at radius 2 is 1.94 bits per heavy atom.